The molecule has 2 aliphatic heterocycles. The number of anilines is 3. The molecule has 6 rings (SSSR count). The number of hydrogen-bond donors (Lipinski definition) is 2. The van der Waals surface area contributed by atoms with Crippen LogP contribution in [0.25, 0.3) is 16.3 Å². The number of amides is 2. The van der Waals surface area contributed by atoms with Crippen molar-refractivity contribution >= 4 is 39.8 Å². The Kier molecular flexibility index (Phi) is 9.66. The number of thiazole rings is 1. The van der Waals surface area contributed by atoms with Gasteiger partial charge in [0.05, 0.1) is 29.4 Å². The molecule has 4 aromatic rings. The molecule has 16 heteroatoms. The van der Waals surface area contributed by atoms with E-state index < -0.39 is 23.7 Å². The molecular formula is C32H36F3N9O3S. The molecule has 2 amide bonds. The second-order valence-corrected chi connectivity index (χ2v) is 13.0. The Hall–Kier alpha value is -4.54. The molecule has 4 heterocycles. The fourth-order valence-electron chi connectivity index (χ4n) is 5.99. The van der Waals surface area contributed by atoms with E-state index in [2.05, 4.69) is 47.5 Å². The number of carbonyl (C=O) groups excluding carboxylic acids is 2. The number of likely N-dealkylation sites (N-methyl/N-ethyl adjacent to an activating group) is 1. The molecule has 0 spiro atoms. The molecule has 0 unspecified atom stereocenters. The van der Waals surface area contributed by atoms with Crippen LogP contribution in [0.1, 0.15) is 34.3 Å². The molecule has 0 aliphatic carbocycles. The molecule has 0 radical (unpaired) electrons. The smallest absolute Gasteiger partial charge is 0.416 e. The van der Waals surface area contributed by atoms with Crippen molar-refractivity contribution in [1.29, 1.82) is 0 Å². The zero-order chi connectivity index (χ0) is 34.0. The lowest BCUT2D eigenvalue weighted by Crippen LogP contribution is -2.52. The van der Waals surface area contributed by atoms with Crippen LogP contribution in [0.5, 0.6) is 0 Å². The zero-order valence-corrected chi connectivity index (χ0v) is 27.6. The van der Waals surface area contributed by atoms with Gasteiger partial charge in [-0.3, -0.25) is 15.0 Å². The van der Waals surface area contributed by atoms with E-state index in [9.17, 15) is 22.8 Å². The first-order chi connectivity index (χ1) is 23.0. The maximum atomic E-state index is 14.0. The van der Waals surface area contributed by atoms with Crippen molar-refractivity contribution in [2.75, 3.05) is 69.0 Å². The van der Waals surface area contributed by atoms with Crippen molar-refractivity contribution in [2.24, 2.45) is 0 Å². The molecule has 2 saturated heterocycles. The van der Waals surface area contributed by atoms with Gasteiger partial charge in [-0.25, -0.2) is 14.5 Å². The summed E-state index contributed by atoms with van der Waals surface area (Å²) in [6.45, 7) is 7.16. The Bertz CT molecular complexity index is 1780. The number of benzene rings is 2. The number of nitrogens with zero attached hydrogens (tertiary/aromatic N) is 7. The molecule has 254 valence electrons. The van der Waals surface area contributed by atoms with E-state index in [0.717, 1.165) is 56.7 Å². The van der Waals surface area contributed by atoms with Crippen LogP contribution < -0.4 is 15.5 Å². The summed E-state index contributed by atoms with van der Waals surface area (Å²) >= 11 is 1.18. The standard InChI is InChI=1S/C32H36F3N9O3S/c1-20-4-5-21(14-27(20)44-19-26(39-40-44)28-18-36-30(48-28)38-31(46)47-3)29(45)37-23-15-22(32(33,34)35)16-25(17-23)42-8-6-24(7-9-42)43-12-10-41(2)11-13-43/h4-5,14-19,24H,6-13H2,1-3H3,(H,37,45)(H,36,38,46). The Morgan fingerprint density at radius 2 is 1.75 bits per heavy atom. The van der Waals surface area contributed by atoms with E-state index in [1.807, 2.05) is 11.8 Å². The number of halogens is 3. The molecule has 12 nitrogen and oxygen atoms in total. The first-order valence-corrected chi connectivity index (χ1v) is 16.3. The number of rotatable bonds is 7. The van der Waals surface area contributed by atoms with Crippen LogP contribution in [0.15, 0.2) is 48.8 Å². The summed E-state index contributed by atoms with van der Waals surface area (Å²) in [5.41, 5.74) is 1.77. The fourth-order valence-corrected chi connectivity index (χ4v) is 6.74. The predicted octanol–water partition coefficient (Wildman–Crippen LogP) is 5.36. The second-order valence-electron chi connectivity index (χ2n) is 12.0. The number of piperidine rings is 1. The number of aromatic nitrogens is 4. The highest BCUT2D eigenvalue weighted by molar-refractivity contribution is 7.19. The van der Waals surface area contributed by atoms with Crippen LogP contribution in [0.4, 0.5) is 34.5 Å². The highest BCUT2D eigenvalue weighted by Gasteiger charge is 2.33. The van der Waals surface area contributed by atoms with Crippen molar-refractivity contribution in [2.45, 2.75) is 32.0 Å². The molecule has 2 aliphatic rings. The van der Waals surface area contributed by atoms with Gasteiger partial charge in [0.15, 0.2) is 5.13 Å². The van der Waals surface area contributed by atoms with Crippen molar-refractivity contribution in [3.05, 3.63) is 65.5 Å². The monoisotopic (exact) mass is 683 g/mol. The van der Waals surface area contributed by atoms with Crippen molar-refractivity contribution in [3.8, 4) is 16.3 Å². The third kappa shape index (κ3) is 7.61. The number of piperazine rings is 1. The van der Waals surface area contributed by atoms with Gasteiger partial charge in [-0.05, 0) is 62.7 Å². The average Bonchev–Trinajstić information content (AvgIpc) is 3.75. The number of aryl methyl sites for hydroxylation is 1. The SMILES string of the molecule is COC(=O)Nc1ncc(-c2cn(-c3cc(C(=O)Nc4cc(N5CCC(N6CCN(C)CC6)CC5)cc(C(F)(F)F)c4)ccc3C)nn2)s1. The Morgan fingerprint density at radius 3 is 2.46 bits per heavy atom. The summed E-state index contributed by atoms with van der Waals surface area (Å²) in [5.74, 6) is -0.559. The van der Waals surface area contributed by atoms with Gasteiger partial charge in [0, 0.05) is 68.4 Å². The topological polar surface area (TPSA) is 121 Å². The van der Waals surface area contributed by atoms with Gasteiger partial charge in [-0.15, -0.1) is 5.10 Å². The third-order valence-electron chi connectivity index (χ3n) is 8.75. The Balaban J connectivity index is 1.17. The van der Waals surface area contributed by atoms with Crippen molar-refractivity contribution in [3.63, 3.8) is 0 Å². The first kappa shape index (κ1) is 33.4. The van der Waals surface area contributed by atoms with Crippen LogP contribution in [-0.4, -0.2) is 101 Å². The quantitative estimate of drug-likeness (QED) is 0.265. The van der Waals surface area contributed by atoms with Crippen molar-refractivity contribution in [1.82, 2.24) is 29.8 Å². The largest absolute Gasteiger partial charge is 0.453 e. The Morgan fingerprint density at radius 1 is 1.00 bits per heavy atom. The lowest BCUT2D eigenvalue weighted by molar-refractivity contribution is -0.137. The molecule has 0 bridgehead atoms. The highest BCUT2D eigenvalue weighted by Crippen LogP contribution is 2.36. The van der Waals surface area contributed by atoms with E-state index in [1.165, 1.54) is 23.1 Å². The van der Waals surface area contributed by atoms with E-state index in [-0.39, 0.29) is 11.3 Å². The molecular weight excluding hydrogens is 647 g/mol. The van der Waals surface area contributed by atoms with E-state index in [1.54, 1.807) is 36.7 Å². The van der Waals surface area contributed by atoms with Crippen LogP contribution in [0, 0.1) is 6.92 Å². The van der Waals surface area contributed by atoms with Crippen LogP contribution in [-0.2, 0) is 10.9 Å². The van der Waals surface area contributed by atoms with E-state index >= 15 is 0 Å². The fraction of sp³-hybridized carbons (Fsp3) is 0.406. The van der Waals surface area contributed by atoms with E-state index in [4.69, 9.17) is 0 Å². The van der Waals surface area contributed by atoms with Crippen LogP contribution >= 0.6 is 11.3 Å². The summed E-state index contributed by atoms with van der Waals surface area (Å²) in [5, 5.41) is 13.9. The maximum Gasteiger partial charge on any atom is 0.416 e. The molecule has 2 fully saturated rings. The summed E-state index contributed by atoms with van der Waals surface area (Å²) in [4.78, 5) is 36.5. The first-order valence-electron chi connectivity index (χ1n) is 15.5. The number of methoxy groups -OCH3 is 1. The minimum Gasteiger partial charge on any atom is -0.453 e. The van der Waals surface area contributed by atoms with Crippen LogP contribution in [0.3, 0.4) is 0 Å². The lowest BCUT2D eigenvalue weighted by atomic mass is 10.0. The minimum absolute atomic E-state index is 0.0674. The maximum absolute atomic E-state index is 14.0. The summed E-state index contributed by atoms with van der Waals surface area (Å²) in [7, 11) is 3.37. The molecule has 0 atom stereocenters. The van der Waals surface area contributed by atoms with Gasteiger partial charge >= 0.3 is 12.3 Å². The number of nitrogens with one attached hydrogen (secondary N) is 2. The summed E-state index contributed by atoms with van der Waals surface area (Å²) < 4.78 is 48.1. The average molecular weight is 684 g/mol. The van der Waals surface area contributed by atoms with Crippen LogP contribution in [0.2, 0.25) is 0 Å². The Labute approximate surface area is 279 Å². The number of carbonyl (C=O) groups is 2. The molecule has 48 heavy (non-hydrogen) atoms. The van der Waals surface area contributed by atoms with E-state index in [0.29, 0.717) is 46.2 Å². The third-order valence-corrected chi connectivity index (χ3v) is 9.69. The number of hydrogen-bond acceptors (Lipinski definition) is 10. The van der Waals surface area contributed by atoms with Gasteiger partial charge < -0.3 is 19.9 Å². The molecule has 0 saturated carbocycles. The molecule has 2 N–H and O–H groups in total. The van der Waals surface area contributed by atoms with Gasteiger partial charge in [0.2, 0.25) is 0 Å². The molecule has 2 aromatic carbocycles. The highest BCUT2D eigenvalue weighted by atomic mass is 32.1. The van der Waals surface area contributed by atoms with Gasteiger partial charge in [-0.1, -0.05) is 22.6 Å². The molecule has 2 aromatic heterocycles. The number of ether oxygens (including phenoxy) is 1. The second kappa shape index (κ2) is 13.9. The van der Waals surface area contributed by atoms with Crippen molar-refractivity contribution < 1.29 is 27.5 Å². The lowest BCUT2D eigenvalue weighted by Gasteiger charge is -2.42. The van der Waals surface area contributed by atoms with Gasteiger partial charge in [0.25, 0.3) is 5.91 Å². The number of alkyl halides is 3. The minimum atomic E-state index is -4.58. The van der Waals surface area contributed by atoms with Gasteiger partial charge in [0.1, 0.15) is 5.69 Å². The normalized spacial score (nSPS) is 16.6. The zero-order valence-electron chi connectivity index (χ0n) is 26.8. The summed E-state index contributed by atoms with van der Waals surface area (Å²) in [6, 6.07) is 9.11. The van der Waals surface area contributed by atoms with Gasteiger partial charge in [-0.2, -0.15) is 13.2 Å². The summed E-state index contributed by atoms with van der Waals surface area (Å²) in [6.07, 6.45) is -0.290. The predicted molar refractivity (Wildman–Crippen MR) is 177 cm³/mol.